The highest BCUT2D eigenvalue weighted by Gasteiger charge is 2.05. The van der Waals surface area contributed by atoms with Crippen molar-refractivity contribution in [1.29, 1.82) is 0 Å². The van der Waals surface area contributed by atoms with Crippen LogP contribution in [-0.4, -0.2) is 9.97 Å². The van der Waals surface area contributed by atoms with E-state index in [1.165, 1.54) is 17.5 Å². The minimum absolute atomic E-state index is 0.775. The molecule has 0 bridgehead atoms. The molecule has 76 valence electrons. The standard InChI is InChI=1S/C12H13N3/c1-8-3-11(13)4-12(9(8)2)10-5-14-7-15-6-10/h3-7H,13H2,1-2H3. The van der Waals surface area contributed by atoms with Crippen molar-refractivity contribution >= 4 is 5.69 Å². The number of aromatic nitrogens is 2. The van der Waals surface area contributed by atoms with Gasteiger partial charge in [-0.3, -0.25) is 0 Å². The van der Waals surface area contributed by atoms with E-state index in [2.05, 4.69) is 23.8 Å². The maximum atomic E-state index is 5.82. The Morgan fingerprint density at radius 3 is 2.40 bits per heavy atom. The van der Waals surface area contributed by atoms with E-state index in [0.29, 0.717) is 0 Å². The molecule has 15 heavy (non-hydrogen) atoms. The van der Waals surface area contributed by atoms with Crippen LogP contribution in [-0.2, 0) is 0 Å². The molecule has 3 heteroatoms. The molecular formula is C12H13N3. The molecule has 0 atom stereocenters. The van der Waals surface area contributed by atoms with Crippen LogP contribution in [0.4, 0.5) is 5.69 Å². The van der Waals surface area contributed by atoms with Gasteiger partial charge in [0.25, 0.3) is 0 Å². The third-order valence-corrected chi connectivity index (χ3v) is 2.56. The minimum atomic E-state index is 0.775. The summed E-state index contributed by atoms with van der Waals surface area (Å²) in [6, 6.07) is 3.93. The summed E-state index contributed by atoms with van der Waals surface area (Å²) < 4.78 is 0. The summed E-state index contributed by atoms with van der Waals surface area (Å²) in [5.41, 5.74) is 11.1. The van der Waals surface area contributed by atoms with Crippen molar-refractivity contribution in [3.63, 3.8) is 0 Å². The van der Waals surface area contributed by atoms with Gasteiger partial charge in [-0.15, -0.1) is 0 Å². The maximum absolute atomic E-state index is 5.82. The predicted octanol–water partition coefficient (Wildman–Crippen LogP) is 2.34. The fourth-order valence-electron chi connectivity index (χ4n) is 1.63. The van der Waals surface area contributed by atoms with Crippen LogP contribution in [0, 0.1) is 13.8 Å². The average molecular weight is 199 g/mol. The summed E-state index contributed by atoms with van der Waals surface area (Å²) in [4.78, 5) is 8.02. The molecular weight excluding hydrogens is 186 g/mol. The van der Waals surface area contributed by atoms with E-state index in [1.807, 2.05) is 12.1 Å². The number of anilines is 1. The molecule has 2 rings (SSSR count). The first-order valence-electron chi connectivity index (χ1n) is 4.80. The van der Waals surface area contributed by atoms with Crippen LogP contribution in [0.1, 0.15) is 11.1 Å². The first kappa shape index (κ1) is 9.65. The fourth-order valence-corrected chi connectivity index (χ4v) is 1.63. The molecule has 0 radical (unpaired) electrons. The van der Waals surface area contributed by atoms with E-state index in [4.69, 9.17) is 5.73 Å². The van der Waals surface area contributed by atoms with Crippen LogP contribution in [0.3, 0.4) is 0 Å². The number of hydrogen-bond donors (Lipinski definition) is 1. The summed E-state index contributed by atoms with van der Waals surface area (Å²) in [6.45, 7) is 4.14. The minimum Gasteiger partial charge on any atom is -0.399 e. The van der Waals surface area contributed by atoms with E-state index in [-0.39, 0.29) is 0 Å². The van der Waals surface area contributed by atoms with E-state index in [9.17, 15) is 0 Å². The lowest BCUT2D eigenvalue weighted by atomic mass is 9.98. The second-order valence-electron chi connectivity index (χ2n) is 3.64. The molecule has 0 aliphatic rings. The van der Waals surface area contributed by atoms with Gasteiger partial charge in [-0.1, -0.05) is 0 Å². The average Bonchev–Trinajstić information content (AvgIpc) is 2.24. The van der Waals surface area contributed by atoms with Crippen molar-refractivity contribution in [1.82, 2.24) is 9.97 Å². The molecule has 1 aromatic carbocycles. The van der Waals surface area contributed by atoms with Gasteiger partial charge in [0.15, 0.2) is 0 Å². The largest absolute Gasteiger partial charge is 0.399 e. The molecule has 2 aromatic rings. The molecule has 0 amide bonds. The number of nitrogens with two attached hydrogens (primary N) is 1. The Hall–Kier alpha value is -1.90. The number of nitrogen functional groups attached to an aromatic ring is 1. The molecule has 0 aliphatic heterocycles. The molecule has 0 spiro atoms. The summed E-state index contributed by atoms with van der Waals surface area (Å²) in [7, 11) is 0. The lowest BCUT2D eigenvalue weighted by Gasteiger charge is -2.09. The zero-order valence-corrected chi connectivity index (χ0v) is 8.86. The Balaban J connectivity index is 2.63. The maximum Gasteiger partial charge on any atom is 0.115 e. The van der Waals surface area contributed by atoms with Crippen molar-refractivity contribution in [2.75, 3.05) is 5.73 Å². The number of rotatable bonds is 1. The van der Waals surface area contributed by atoms with Crippen molar-refractivity contribution in [3.05, 3.63) is 42.0 Å². The van der Waals surface area contributed by atoms with Gasteiger partial charge >= 0.3 is 0 Å². The second-order valence-corrected chi connectivity index (χ2v) is 3.64. The Bertz CT molecular complexity index is 478. The topological polar surface area (TPSA) is 51.8 Å². The third-order valence-electron chi connectivity index (χ3n) is 2.56. The molecule has 1 heterocycles. The van der Waals surface area contributed by atoms with Gasteiger partial charge < -0.3 is 5.73 Å². The third kappa shape index (κ3) is 1.81. The van der Waals surface area contributed by atoms with Crippen LogP contribution in [0.5, 0.6) is 0 Å². The first-order valence-corrected chi connectivity index (χ1v) is 4.80. The summed E-state index contributed by atoms with van der Waals surface area (Å²) in [6.07, 6.45) is 5.13. The van der Waals surface area contributed by atoms with Crippen LogP contribution >= 0.6 is 0 Å². The molecule has 0 fully saturated rings. The summed E-state index contributed by atoms with van der Waals surface area (Å²) >= 11 is 0. The van der Waals surface area contributed by atoms with Crippen molar-refractivity contribution in [2.45, 2.75) is 13.8 Å². The molecule has 0 unspecified atom stereocenters. The molecule has 0 aliphatic carbocycles. The van der Waals surface area contributed by atoms with Crippen molar-refractivity contribution < 1.29 is 0 Å². The number of nitrogens with zero attached hydrogens (tertiary/aromatic N) is 2. The van der Waals surface area contributed by atoms with Crippen LogP contribution in [0.2, 0.25) is 0 Å². The zero-order valence-electron chi connectivity index (χ0n) is 8.86. The van der Waals surface area contributed by atoms with Gasteiger partial charge in [0, 0.05) is 23.6 Å². The summed E-state index contributed by atoms with van der Waals surface area (Å²) in [5.74, 6) is 0. The first-order chi connectivity index (χ1) is 7.18. The van der Waals surface area contributed by atoms with E-state index >= 15 is 0 Å². The van der Waals surface area contributed by atoms with Gasteiger partial charge in [-0.2, -0.15) is 0 Å². The number of hydrogen-bond acceptors (Lipinski definition) is 3. The van der Waals surface area contributed by atoms with Crippen molar-refractivity contribution in [3.8, 4) is 11.1 Å². The molecule has 0 saturated carbocycles. The van der Waals surface area contributed by atoms with E-state index in [0.717, 1.165) is 16.8 Å². The Morgan fingerprint density at radius 1 is 1.07 bits per heavy atom. The number of aryl methyl sites for hydroxylation is 1. The van der Waals surface area contributed by atoms with Crippen LogP contribution in [0.25, 0.3) is 11.1 Å². The highest BCUT2D eigenvalue weighted by atomic mass is 14.8. The lowest BCUT2D eigenvalue weighted by molar-refractivity contribution is 1.17. The quantitative estimate of drug-likeness (QED) is 0.717. The predicted molar refractivity (Wildman–Crippen MR) is 61.4 cm³/mol. The lowest BCUT2D eigenvalue weighted by Crippen LogP contribution is -1.93. The summed E-state index contributed by atoms with van der Waals surface area (Å²) in [5, 5.41) is 0. The molecule has 0 saturated heterocycles. The van der Waals surface area contributed by atoms with Crippen LogP contribution in [0.15, 0.2) is 30.9 Å². The zero-order chi connectivity index (χ0) is 10.8. The Kier molecular flexibility index (Phi) is 2.37. The number of benzene rings is 1. The van der Waals surface area contributed by atoms with Gasteiger partial charge in [0.1, 0.15) is 6.33 Å². The normalized spacial score (nSPS) is 10.3. The molecule has 2 N–H and O–H groups in total. The molecule has 3 nitrogen and oxygen atoms in total. The highest BCUT2D eigenvalue weighted by molar-refractivity contribution is 5.71. The SMILES string of the molecule is Cc1cc(N)cc(-c2cncnc2)c1C. The van der Waals surface area contributed by atoms with Gasteiger partial charge in [0.05, 0.1) is 0 Å². The van der Waals surface area contributed by atoms with Crippen LogP contribution < -0.4 is 5.73 Å². The van der Waals surface area contributed by atoms with Gasteiger partial charge in [-0.25, -0.2) is 9.97 Å². The smallest absolute Gasteiger partial charge is 0.115 e. The molecule has 1 aromatic heterocycles. The van der Waals surface area contributed by atoms with E-state index in [1.54, 1.807) is 12.4 Å². The van der Waals surface area contributed by atoms with Gasteiger partial charge in [-0.05, 0) is 42.7 Å². The fraction of sp³-hybridized carbons (Fsp3) is 0.167. The Labute approximate surface area is 89.0 Å². The second kappa shape index (κ2) is 3.69. The highest BCUT2D eigenvalue weighted by Crippen LogP contribution is 2.26. The monoisotopic (exact) mass is 199 g/mol. The van der Waals surface area contributed by atoms with Gasteiger partial charge in [0.2, 0.25) is 0 Å². The van der Waals surface area contributed by atoms with Crippen molar-refractivity contribution in [2.24, 2.45) is 0 Å². The van der Waals surface area contributed by atoms with E-state index < -0.39 is 0 Å². The Morgan fingerprint density at radius 2 is 1.73 bits per heavy atom.